The van der Waals surface area contributed by atoms with Crippen molar-refractivity contribution in [3.63, 3.8) is 0 Å². The number of hydrogen-bond acceptors (Lipinski definition) is 2. The summed E-state index contributed by atoms with van der Waals surface area (Å²) in [5.41, 5.74) is 2.77. The first-order chi connectivity index (χ1) is 9.62. The normalized spacial score (nSPS) is 14.5. The smallest absolute Gasteiger partial charge is 0.0769 e. The minimum Gasteiger partial charge on any atom is -0.377 e. The van der Waals surface area contributed by atoms with Crippen molar-refractivity contribution in [2.75, 3.05) is 13.7 Å². The molecule has 0 saturated heterocycles. The number of hydrogen-bond donors (Lipinski definition) is 1. The molecule has 1 aromatic carbocycles. The van der Waals surface area contributed by atoms with Gasteiger partial charge in [0, 0.05) is 6.61 Å². The SMILES string of the molecule is CCCC(OCC)C(NC)c1cccc(CC(C)C)c1. The van der Waals surface area contributed by atoms with Gasteiger partial charge in [-0.15, -0.1) is 0 Å². The predicted octanol–water partition coefficient (Wildman–Crippen LogP) is 4.35. The molecule has 0 fully saturated rings. The van der Waals surface area contributed by atoms with Crippen molar-refractivity contribution >= 4 is 0 Å². The van der Waals surface area contributed by atoms with Crippen LogP contribution in [0.4, 0.5) is 0 Å². The van der Waals surface area contributed by atoms with Gasteiger partial charge in [0.2, 0.25) is 0 Å². The third-order valence-electron chi connectivity index (χ3n) is 3.59. The zero-order valence-electron chi connectivity index (χ0n) is 13.8. The lowest BCUT2D eigenvalue weighted by molar-refractivity contribution is 0.0295. The van der Waals surface area contributed by atoms with Crippen LogP contribution in [0.2, 0.25) is 0 Å². The molecule has 0 aliphatic rings. The summed E-state index contributed by atoms with van der Waals surface area (Å²) in [7, 11) is 2.03. The molecule has 0 amide bonds. The molecule has 0 bridgehead atoms. The average Bonchev–Trinajstić information content (AvgIpc) is 2.40. The monoisotopic (exact) mass is 277 g/mol. The summed E-state index contributed by atoms with van der Waals surface area (Å²) in [6.07, 6.45) is 3.63. The van der Waals surface area contributed by atoms with E-state index >= 15 is 0 Å². The molecule has 2 heteroatoms. The molecular formula is C18H31NO. The van der Waals surface area contributed by atoms with Crippen LogP contribution in [-0.2, 0) is 11.2 Å². The zero-order valence-corrected chi connectivity index (χ0v) is 13.8. The van der Waals surface area contributed by atoms with Gasteiger partial charge in [-0.1, -0.05) is 51.5 Å². The van der Waals surface area contributed by atoms with E-state index in [1.165, 1.54) is 11.1 Å². The van der Waals surface area contributed by atoms with E-state index < -0.39 is 0 Å². The molecule has 0 saturated carbocycles. The van der Waals surface area contributed by atoms with Crippen LogP contribution in [-0.4, -0.2) is 19.8 Å². The van der Waals surface area contributed by atoms with Gasteiger partial charge in [-0.05, 0) is 43.9 Å². The van der Waals surface area contributed by atoms with Crippen molar-refractivity contribution in [1.29, 1.82) is 0 Å². The molecule has 2 unspecified atom stereocenters. The zero-order chi connectivity index (χ0) is 15.0. The molecule has 0 aliphatic heterocycles. The summed E-state index contributed by atoms with van der Waals surface area (Å²) in [5.74, 6) is 0.691. The summed E-state index contributed by atoms with van der Waals surface area (Å²) in [4.78, 5) is 0. The van der Waals surface area contributed by atoms with Crippen LogP contribution in [0.25, 0.3) is 0 Å². The van der Waals surface area contributed by atoms with Gasteiger partial charge in [0.15, 0.2) is 0 Å². The van der Waals surface area contributed by atoms with Crippen LogP contribution in [0.5, 0.6) is 0 Å². The fraction of sp³-hybridized carbons (Fsp3) is 0.667. The Balaban J connectivity index is 2.91. The first kappa shape index (κ1) is 17.2. The van der Waals surface area contributed by atoms with Gasteiger partial charge < -0.3 is 10.1 Å². The van der Waals surface area contributed by atoms with Crippen molar-refractivity contribution in [2.45, 2.75) is 59.1 Å². The third kappa shape index (κ3) is 5.26. The lowest BCUT2D eigenvalue weighted by Gasteiger charge is -2.27. The standard InChI is InChI=1S/C18H31NO/c1-6-9-17(20-7-2)18(19-5)16-11-8-10-15(13-16)12-14(3)4/h8,10-11,13-14,17-19H,6-7,9,12H2,1-5H3. The van der Waals surface area contributed by atoms with E-state index in [9.17, 15) is 0 Å². The molecule has 1 rings (SSSR count). The number of rotatable bonds is 9. The number of nitrogens with one attached hydrogen (secondary N) is 1. The molecule has 0 heterocycles. The Morgan fingerprint density at radius 3 is 2.50 bits per heavy atom. The third-order valence-corrected chi connectivity index (χ3v) is 3.59. The van der Waals surface area contributed by atoms with E-state index in [2.05, 4.69) is 57.3 Å². The van der Waals surface area contributed by atoms with Gasteiger partial charge in [-0.2, -0.15) is 0 Å². The molecule has 0 aliphatic carbocycles. The maximum atomic E-state index is 5.95. The molecular weight excluding hydrogens is 246 g/mol. The molecule has 2 nitrogen and oxygen atoms in total. The van der Waals surface area contributed by atoms with E-state index in [0.717, 1.165) is 25.9 Å². The van der Waals surface area contributed by atoms with Gasteiger partial charge in [0.05, 0.1) is 12.1 Å². The molecule has 0 radical (unpaired) electrons. The fourth-order valence-corrected chi connectivity index (χ4v) is 2.80. The average molecular weight is 277 g/mol. The van der Waals surface area contributed by atoms with Gasteiger partial charge in [-0.3, -0.25) is 0 Å². The Kier molecular flexibility index (Phi) is 7.86. The fourth-order valence-electron chi connectivity index (χ4n) is 2.80. The summed E-state index contributed by atoms with van der Waals surface area (Å²) < 4.78 is 5.95. The highest BCUT2D eigenvalue weighted by molar-refractivity contribution is 5.27. The van der Waals surface area contributed by atoms with Crippen LogP contribution >= 0.6 is 0 Å². The summed E-state index contributed by atoms with van der Waals surface area (Å²) in [6, 6.07) is 9.23. The maximum absolute atomic E-state index is 5.95. The van der Waals surface area contributed by atoms with Crippen molar-refractivity contribution in [3.8, 4) is 0 Å². The lowest BCUT2D eigenvalue weighted by Crippen LogP contribution is -2.31. The Morgan fingerprint density at radius 2 is 1.95 bits per heavy atom. The van der Waals surface area contributed by atoms with Crippen LogP contribution in [0.1, 0.15) is 57.7 Å². The highest BCUT2D eigenvalue weighted by Gasteiger charge is 2.21. The van der Waals surface area contributed by atoms with Crippen LogP contribution in [0.15, 0.2) is 24.3 Å². The second-order valence-corrected chi connectivity index (χ2v) is 5.89. The minimum absolute atomic E-state index is 0.254. The van der Waals surface area contributed by atoms with Gasteiger partial charge in [0.25, 0.3) is 0 Å². The molecule has 0 aromatic heterocycles. The first-order valence-corrected chi connectivity index (χ1v) is 8.00. The summed E-state index contributed by atoms with van der Waals surface area (Å²) in [5, 5.41) is 3.44. The molecule has 20 heavy (non-hydrogen) atoms. The van der Waals surface area contributed by atoms with Crippen LogP contribution < -0.4 is 5.32 Å². The van der Waals surface area contributed by atoms with Crippen molar-refractivity contribution in [3.05, 3.63) is 35.4 Å². The van der Waals surface area contributed by atoms with E-state index in [1.54, 1.807) is 0 Å². The molecule has 114 valence electrons. The second-order valence-electron chi connectivity index (χ2n) is 5.89. The summed E-state index contributed by atoms with van der Waals surface area (Å²) >= 11 is 0. The van der Waals surface area contributed by atoms with Crippen LogP contribution in [0.3, 0.4) is 0 Å². The van der Waals surface area contributed by atoms with Crippen molar-refractivity contribution in [1.82, 2.24) is 5.32 Å². The Hall–Kier alpha value is -0.860. The number of likely N-dealkylation sites (N-methyl/N-ethyl adjacent to an activating group) is 1. The Bertz CT molecular complexity index is 369. The number of benzene rings is 1. The van der Waals surface area contributed by atoms with E-state index in [-0.39, 0.29) is 12.1 Å². The highest BCUT2D eigenvalue weighted by atomic mass is 16.5. The van der Waals surface area contributed by atoms with Crippen molar-refractivity contribution < 1.29 is 4.74 Å². The van der Waals surface area contributed by atoms with Crippen LogP contribution in [0, 0.1) is 5.92 Å². The van der Waals surface area contributed by atoms with Gasteiger partial charge >= 0.3 is 0 Å². The number of ether oxygens (including phenoxy) is 1. The Morgan fingerprint density at radius 1 is 1.20 bits per heavy atom. The van der Waals surface area contributed by atoms with Gasteiger partial charge in [0.1, 0.15) is 0 Å². The minimum atomic E-state index is 0.254. The molecule has 2 atom stereocenters. The topological polar surface area (TPSA) is 21.3 Å². The summed E-state index contributed by atoms with van der Waals surface area (Å²) in [6.45, 7) is 9.59. The van der Waals surface area contributed by atoms with Crippen molar-refractivity contribution in [2.24, 2.45) is 5.92 Å². The van der Waals surface area contributed by atoms with Gasteiger partial charge in [-0.25, -0.2) is 0 Å². The first-order valence-electron chi connectivity index (χ1n) is 8.00. The van der Waals surface area contributed by atoms with E-state index in [1.807, 2.05) is 7.05 Å². The predicted molar refractivity (Wildman–Crippen MR) is 87.1 cm³/mol. The second kappa shape index (κ2) is 9.15. The molecule has 1 aromatic rings. The molecule has 1 N–H and O–H groups in total. The maximum Gasteiger partial charge on any atom is 0.0769 e. The molecule has 0 spiro atoms. The largest absolute Gasteiger partial charge is 0.377 e. The highest BCUT2D eigenvalue weighted by Crippen LogP contribution is 2.24. The Labute approximate surface area is 124 Å². The van der Waals surface area contributed by atoms with E-state index in [0.29, 0.717) is 5.92 Å². The lowest BCUT2D eigenvalue weighted by atomic mass is 9.94. The quantitative estimate of drug-likeness (QED) is 0.724. The van der Waals surface area contributed by atoms with E-state index in [4.69, 9.17) is 4.74 Å².